The van der Waals surface area contributed by atoms with Crippen LogP contribution in [0, 0.1) is 0 Å². The molecule has 1 aromatic rings. The van der Waals surface area contributed by atoms with Gasteiger partial charge in [-0.05, 0) is 65.2 Å². The number of rotatable bonds is 5. The van der Waals surface area contributed by atoms with E-state index >= 15 is 0 Å². The zero-order chi connectivity index (χ0) is 18.0. The summed E-state index contributed by atoms with van der Waals surface area (Å²) in [5.41, 5.74) is 0.726. The topological polar surface area (TPSA) is 32.3 Å². The van der Waals surface area contributed by atoms with Gasteiger partial charge in [0.2, 0.25) is 0 Å². The molecule has 1 saturated heterocycles. The zero-order valence-electron chi connectivity index (χ0n) is 15.7. The molecule has 0 aromatic heterocycles. The Balaban J connectivity index is 2.28. The van der Waals surface area contributed by atoms with Crippen molar-refractivity contribution in [3.63, 3.8) is 0 Å². The van der Waals surface area contributed by atoms with Gasteiger partial charge in [-0.3, -0.25) is 4.79 Å². The van der Waals surface area contributed by atoms with E-state index in [0.717, 1.165) is 32.2 Å². The first-order valence-electron chi connectivity index (χ1n) is 8.99. The molecule has 134 valence electrons. The molecule has 1 aliphatic rings. The van der Waals surface area contributed by atoms with Crippen molar-refractivity contribution in [2.75, 3.05) is 6.54 Å². The van der Waals surface area contributed by atoms with E-state index in [2.05, 4.69) is 44.8 Å². The van der Waals surface area contributed by atoms with Crippen molar-refractivity contribution in [2.24, 2.45) is 0 Å². The van der Waals surface area contributed by atoms with Crippen LogP contribution in [0.15, 0.2) is 24.3 Å². The second kappa shape index (κ2) is 7.45. The Morgan fingerprint density at radius 1 is 1.25 bits per heavy atom. The van der Waals surface area contributed by atoms with Crippen LogP contribution < -0.4 is 5.32 Å². The Morgan fingerprint density at radius 2 is 1.88 bits per heavy atom. The fourth-order valence-electron chi connectivity index (χ4n) is 4.05. The van der Waals surface area contributed by atoms with Crippen LogP contribution in [0.1, 0.15) is 70.7 Å². The third-order valence-electron chi connectivity index (χ3n) is 4.69. The number of unbranched alkanes of at least 4 members (excludes halogenated alkanes) is 1. The van der Waals surface area contributed by atoms with Gasteiger partial charge in [-0.1, -0.05) is 31.0 Å². The van der Waals surface area contributed by atoms with Crippen LogP contribution in [-0.4, -0.2) is 34.5 Å². The molecule has 1 heterocycles. The maximum absolute atomic E-state index is 13.2. The van der Waals surface area contributed by atoms with Gasteiger partial charge in [-0.25, -0.2) is 0 Å². The molecule has 0 bridgehead atoms. The van der Waals surface area contributed by atoms with Crippen molar-refractivity contribution in [1.82, 2.24) is 10.2 Å². The molecule has 0 spiro atoms. The summed E-state index contributed by atoms with van der Waals surface area (Å²) >= 11 is 6.09. The number of benzene rings is 1. The minimum absolute atomic E-state index is 0.0193. The van der Waals surface area contributed by atoms with Crippen molar-refractivity contribution in [3.8, 4) is 0 Å². The number of hydrogen-bond donors (Lipinski definition) is 1. The molecule has 1 amide bonds. The molecule has 1 aromatic carbocycles. The van der Waals surface area contributed by atoms with Crippen molar-refractivity contribution in [2.45, 2.75) is 77.4 Å². The van der Waals surface area contributed by atoms with Crippen molar-refractivity contribution in [3.05, 3.63) is 34.9 Å². The number of nitrogens with zero attached hydrogens (tertiary/aromatic N) is 1. The SMILES string of the molecule is CCCCN(C(=O)c1cccc(Cl)c1)C1CC(C)(C)NC(C)(C)C1. The van der Waals surface area contributed by atoms with Crippen molar-refractivity contribution in [1.29, 1.82) is 0 Å². The molecular weight excluding hydrogens is 320 g/mol. The number of nitrogens with one attached hydrogen (secondary N) is 1. The number of carbonyl (C=O) groups is 1. The van der Waals surface area contributed by atoms with Gasteiger partial charge in [0.1, 0.15) is 0 Å². The molecule has 24 heavy (non-hydrogen) atoms. The van der Waals surface area contributed by atoms with E-state index in [0.29, 0.717) is 10.6 Å². The number of carbonyl (C=O) groups excluding carboxylic acids is 1. The summed E-state index contributed by atoms with van der Waals surface area (Å²) in [6.07, 6.45) is 4.03. The van der Waals surface area contributed by atoms with Crippen LogP contribution in [0.5, 0.6) is 0 Å². The Bertz CT molecular complexity index is 567. The molecule has 1 fully saturated rings. The molecule has 0 atom stereocenters. The van der Waals surface area contributed by atoms with Crippen LogP contribution in [-0.2, 0) is 0 Å². The van der Waals surface area contributed by atoms with E-state index in [4.69, 9.17) is 11.6 Å². The summed E-state index contributed by atoms with van der Waals surface area (Å²) in [5, 5.41) is 4.31. The largest absolute Gasteiger partial charge is 0.336 e. The first-order chi connectivity index (χ1) is 11.1. The fraction of sp³-hybridized carbons (Fsp3) is 0.650. The van der Waals surface area contributed by atoms with E-state index in [1.165, 1.54) is 0 Å². The van der Waals surface area contributed by atoms with Crippen LogP contribution in [0.3, 0.4) is 0 Å². The summed E-state index contributed by atoms with van der Waals surface area (Å²) in [4.78, 5) is 15.3. The van der Waals surface area contributed by atoms with Gasteiger partial charge in [0.25, 0.3) is 5.91 Å². The summed E-state index contributed by atoms with van der Waals surface area (Å²) in [6, 6.07) is 7.55. The van der Waals surface area contributed by atoms with Gasteiger partial charge in [0, 0.05) is 34.3 Å². The standard InChI is InChI=1S/C20H31ClN2O/c1-6-7-11-23(18(24)15-9-8-10-16(21)12-15)17-13-19(2,3)22-20(4,5)14-17/h8-10,12,17,22H,6-7,11,13-14H2,1-5H3. The second-order valence-electron chi connectivity index (χ2n) is 8.32. The van der Waals surface area contributed by atoms with Gasteiger partial charge >= 0.3 is 0 Å². The third kappa shape index (κ3) is 4.97. The predicted octanol–water partition coefficient (Wildman–Crippen LogP) is 4.89. The maximum Gasteiger partial charge on any atom is 0.254 e. The average molecular weight is 351 g/mol. The molecule has 0 saturated carbocycles. The molecule has 0 unspecified atom stereocenters. The molecular formula is C20H31ClN2O. The molecule has 4 heteroatoms. The Kier molecular flexibility index (Phi) is 5.98. The van der Waals surface area contributed by atoms with Crippen molar-refractivity contribution >= 4 is 17.5 Å². The maximum atomic E-state index is 13.2. The average Bonchev–Trinajstić information content (AvgIpc) is 2.44. The lowest BCUT2D eigenvalue weighted by molar-refractivity contribution is 0.0441. The Morgan fingerprint density at radius 3 is 2.42 bits per heavy atom. The fourth-order valence-corrected chi connectivity index (χ4v) is 4.24. The van der Waals surface area contributed by atoms with E-state index in [-0.39, 0.29) is 23.0 Å². The van der Waals surface area contributed by atoms with E-state index in [1.54, 1.807) is 6.07 Å². The smallest absolute Gasteiger partial charge is 0.254 e. The Labute approximate surface area is 151 Å². The lowest BCUT2D eigenvalue weighted by Crippen LogP contribution is -2.62. The number of halogens is 1. The number of amides is 1. The molecule has 2 rings (SSSR count). The van der Waals surface area contributed by atoms with Gasteiger partial charge in [0.05, 0.1) is 0 Å². The van der Waals surface area contributed by atoms with Crippen LogP contribution >= 0.6 is 11.6 Å². The Hall–Kier alpha value is -1.06. The normalized spacial score (nSPS) is 19.9. The first kappa shape index (κ1) is 19.3. The lowest BCUT2D eigenvalue weighted by atomic mass is 9.78. The molecule has 0 radical (unpaired) electrons. The van der Waals surface area contributed by atoms with Crippen LogP contribution in [0.4, 0.5) is 0 Å². The summed E-state index contributed by atoms with van der Waals surface area (Å²) in [6.45, 7) is 11.9. The summed E-state index contributed by atoms with van der Waals surface area (Å²) < 4.78 is 0. The van der Waals surface area contributed by atoms with Gasteiger partial charge in [-0.15, -0.1) is 0 Å². The highest BCUT2D eigenvalue weighted by Gasteiger charge is 2.41. The van der Waals surface area contributed by atoms with Gasteiger partial charge in [0.15, 0.2) is 0 Å². The number of piperidine rings is 1. The minimum atomic E-state index is 0.0193. The summed E-state index contributed by atoms with van der Waals surface area (Å²) in [5.74, 6) is 0.101. The van der Waals surface area contributed by atoms with Crippen molar-refractivity contribution < 1.29 is 4.79 Å². The van der Waals surface area contributed by atoms with Gasteiger partial charge in [-0.2, -0.15) is 0 Å². The number of hydrogen-bond acceptors (Lipinski definition) is 2. The molecule has 3 nitrogen and oxygen atoms in total. The lowest BCUT2D eigenvalue weighted by Gasteiger charge is -2.49. The molecule has 1 aliphatic heterocycles. The van der Waals surface area contributed by atoms with E-state index in [9.17, 15) is 4.79 Å². The third-order valence-corrected chi connectivity index (χ3v) is 4.93. The van der Waals surface area contributed by atoms with E-state index in [1.807, 2.05) is 18.2 Å². The zero-order valence-corrected chi connectivity index (χ0v) is 16.4. The first-order valence-corrected chi connectivity index (χ1v) is 9.37. The highest BCUT2D eigenvalue weighted by molar-refractivity contribution is 6.30. The predicted molar refractivity (Wildman–Crippen MR) is 102 cm³/mol. The monoisotopic (exact) mass is 350 g/mol. The molecule has 1 N–H and O–H groups in total. The quantitative estimate of drug-likeness (QED) is 0.819. The van der Waals surface area contributed by atoms with Gasteiger partial charge < -0.3 is 10.2 Å². The van der Waals surface area contributed by atoms with E-state index < -0.39 is 0 Å². The van der Waals surface area contributed by atoms with Crippen LogP contribution in [0.2, 0.25) is 5.02 Å². The minimum Gasteiger partial charge on any atom is -0.336 e. The second-order valence-corrected chi connectivity index (χ2v) is 8.75. The van der Waals surface area contributed by atoms with Crippen LogP contribution in [0.25, 0.3) is 0 Å². The molecule has 0 aliphatic carbocycles. The highest BCUT2D eigenvalue weighted by Crippen LogP contribution is 2.32. The highest BCUT2D eigenvalue weighted by atomic mass is 35.5. The summed E-state index contributed by atoms with van der Waals surface area (Å²) in [7, 11) is 0.